The maximum atomic E-state index is 6.68. The van der Waals surface area contributed by atoms with E-state index >= 15 is 0 Å². The minimum absolute atomic E-state index is 0.900. The summed E-state index contributed by atoms with van der Waals surface area (Å²) in [4.78, 5) is 0. The number of benzene rings is 7. The molecule has 0 radical (unpaired) electrons. The molecule has 0 amide bonds. The Kier molecular flexibility index (Phi) is 4.32. The van der Waals surface area contributed by atoms with Crippen LogP contribution in [0.3, 0.4) is 0 Å². The Morgan fingerprint density at radius 3 is 1.40 bits per heavy atom. The maximum absolute atomic E-state index is 6.68. The molecule has 0 aliphatic heterocycles. The average Bonchev–Trinajstić information content (AvgIpc) is 3.84. The van der Waals surface area contributed by atoms with Crippen molar-refractivity contribution in [1.82, 2.24) is 4.40 Å². The van der Waals surface area contributed by atoms with Crippen molar-refractivity contribution in [2.45, 2.75) is 0 Å². The van der Waals surface area contributed by atoms with Crippen LogP contribution < -0.4 is 0 Å². The van der Waals surface area contributed by atoms with Crippen LogP contribution >= 0.6 is 0 Å². The molecule has 11 aromatic rings. The van der Waals surface area contributed by atoms with Gasteiger partial charge in [0.25, 0.3) is 0 Å². The second-order valence-corrected chi connectivity index (χ2v) is 12.1. The summed E-state index contributed by atoms with van der Waals surface area (Å²) in [5.41, 5.74) is 11.8. The van der Waals surface area contributed by atoms with Crippen molar-refractivity contribution in [3.63, 3.8) is 0 Å². The number of nitrogens with zero attached hydrogens (tertiary/aromatic N) is 1. The largest absolute Gasteiger partial charge is 0.454 e. The lowest BCUT2D eigenvalue weighted by atomic mass is 9.96. The SMILES string of the molecule is c1ccc(-c2cccc(-c3cc4c5ccc6c7ccccc7oc6c5n5c4c(c3)c3ccc4c6ccccc6oc4c35)c2)cc1. The quantitative estimate of drug-likeness (QED) is 0.206. The van der Waals surface area contributed by atoms with E-state index in [0.29, 0.717) is 0 Å². The summed E-state index contributed by atoms with van der Waals surface area (Å²) in [6.45, 7) is 0. The van der Waals surface area contributed by atoms with Crippen LogP contribution in [0.2, 0.25) is 0 Å². The molecular weight excluding hydrogens is 550 g/mol. The fourth-order valence-electron chi connectivity index (χ4n) is 7.73. The molecule has 4 aromatic heterocycles. The van der Waals surface area contributed by atoms with Crippen molar-refractivity contribution in [2.75, 3.05) is 0 Å². The highest BCUT2D eigenvalue weighted by molar-refractivity contribution is 6.31. The van der Waals surface area contributed by atoms with Gasteiger partial charge in [-0.25, -0.2) is 0 Å². The highest BCUT2D eigenvalue weighted by Crippen LogP contribution is 2.47. The zero-order valence-corrected chi connectivity index (χ0v) is 24.0. The number of fused-ring (bicyclic) bond motifs is 14. The predicted octanol–water partition coefficient (Wildman–Crippen LogP) is 12.0. The number of furan rings is 2. The molecule has 0 aliphatic carbocycles. The third-order valence-electron chi connectivity index (χ3n) is 9.71. The molecule has 0 saturated carbocycles. The van der Waals surface area contributed by atoms with Gasteiger partial charge in [0.15, 0.2) is 11.2 Å². The highest BCUT2D eigenvalue weighted by atomic mass is 16.3. The van der Waals surface area contributed by atoms with Crippen LogP contribution in [-0.2, 0) is 0 Å². The van der Waals surface area contributed by atoms with Gasteiger partial charge in [-0.1, -0.05) is 97.1 Å². The van der Waals surface area contributed by atoms with Crippen molar-refractivity contribution in [3.05, 3.63) is 140 Å². The Bertz CT molecular complexity index is 2820. The standard InChI is InChI=1S/C42H23NO2/c1-2-9-24(10-3-1)25-11-8-12-26(21-25)27-22-34-30-17-19-32-28-13-4-6-15-36(28)44-41(32)39(30)43-38(34)35(23-27)31-18-20-33-29-14-5-7-16-37(29)45-42(33)40(31)43/h1-23H. The number of hydrogen-bond donors (Lipinski definition) is 0. The molecule has 0 unspecified atom stereocenters. The lowest BCUT2D eigenvalue weighted by Crippen LogP contribution is -1.82. The summed E-state index contributed by atoms with van der Waals surface area (Å²) >= 11 is 0. The van der Waals surface area contributed by atoms with Crippen LogP contribution in [-0.4, -0.2) is 4.40 Å². The molecular formula is C42H23NO2. The molecule has 3 heteroatoms. The van der Waals surface area contributed by atoms with Gasteiger partial charge in [-0.2, -0.15) is 0 Å². The van der Waals surface area contributed by atoms with Crippen molar-refractivity contribution in [1.29, 1.82) is 0 Å². The van der Waals surface area contributed by atoms with Crippen LogP contribution in [0.1, 0.15) is 0 Å². The monoisotopic (exact) mass is 573 g/mol. The lowest BCUT2D eigenvalue weighted by Gasteiger charge is -2.07. The summed E-state index contributed by atoms with van der Waals surface area (Å²) in [5.74, 6) is 0. The molecule has 11 rings (SSSR count). The van der Waals surface area contributed by atoms with Crippen LogP contribution in [0, 0.1) is 0 Å². The number of hydrogen-bond acceptors (Lipinski definition) is 2. The first-order chi connectivity index (χ1) is 22.3. The van der Waals surface area contributed by atoms with Crippen molar-refractivity contribution >= 4 is 82.0 Å². The molecule has 0 aliphatic rings. The van der Waals surface area contributed by atoms with E-state index in [1.54, 1.807) is 0 Å². The fourth-order valence-corrected chi connectivity index (χ4v) is 7.73. The van der Waals surface area contributed by atoms with E-state index in [-0.39, 0.29) is 0 Å². The Morgan fingerprint density at radius 2 is 0.800 bits per heavy atom. The van der Waals surface area contributed by atoms with Crippen molar-refractivity contribution < 1.29 is 8.83 Å². The molecule has 3 nitrogen and oxygen atoms in total. The number of para-hydroxylation sites is 2. The topological polar surface area (TPSA) is 30.7 Å². The van der Waals surface area contributed by atoms with E-state index in [9.17, 15) is 0 Å². The second kappa shape index (κ2) is 8.31. The summed E-state index contributed by atoms with van der Waals surface area (Å²) in [6.07, 6.45) is 0. The molecule has 7 aromatic carbocycles. The minimum Gasteiger partial charge on any atom is -0.454 e. The molecule has 4 heterocycles. The van der Waals surface area contributed by atoms with E-state index in [4.69, 9.17) is 8.83 Å². The third kappa shape index (κ3) is 2.99. The molecule has 0 saturated heterocycles. The van der Waals surface area contributed by atoms with E-state index in [0.717, 1.165) is 54.9 Å². The van der Waals surface area contributed by atoms with E-state index < -0.39 is 0 Å². The fraction of sp³-hybridized carbons (Fsp3) is 0. The normalized spacial score (nSPS) is 12.4. The molecule has 208 valence electrons. The zero-order chi connectivity index (χ0) is 29.2. The van der Waals surface area contributed by atoms with Crippen LogP contribution in [0.15, 0.2) is 148 Å². The van der Waals surface area contributed by atoms with E-state index in [1.807, 2.05) is 12.1 Å². The predicted molar refractivity (Wildman–Crippen MR) is 187 cm³/mol. The first-order valence-corrected chi connectivity index (χ1v) is 15.4. The van der Waals surface area contributed by atoms with Crippen molar-refractivity contribution in [2.24, 2.45) is 0 Å². The van der Waals surface area contributed by atoms with Gasteiger partial charge in [0.05, 0.1) is 16.6 Å². The van der Waals surface area contributed by atoms with Crippen molar-refractivity contribution in [3.8, 4) is 22.3 Å². The smallest absolute Gasteiger partial charge is 0.160 e. The Labute approximate surface area is 256 Å². The van der Waals surface area contributed by atoms with Gasteiger partial charge in [-0.05, 0) is 64.7 Å². The van der Waals surface area contributed by atoms with Gasteiger partial charge >= 0.3 is 0 Å². The van der Waals surface area contributed by atoms with Gasteiger partial charge in [0.2, 0.25) is 0 Å². The Hall–Kier alpha value is -6.06. The third-order valence-corrected chi connectivity index (χ3v) is 9.71. The second-order valence-electron chi connectivity index (χ2n) is 12.1. The van der Waals surface area contributed by atoms with E-state index in [1.165, 1.54) is 49.3 Å². The summed E-state index contributed by atoms with van der Waals surface area (Å²) in [5, 5.41) is 9.29. The molecule has 0 atom stereocenters. The van der Waals surface area contributed by atoms with Crippen LogP contribution in [0.4, 0.5) is 0 Å². The lowest BCUT2D eigenvalue weighted by molar-refractivity contribution is 0.670. The molecule has 0 spiro atoms. The minimum atomic E-state index is 0.900. The Balaban J connectivity index is 1.34. The van der Waals surface area contributed by atoms with Gasteiger partial charge in [0.1, 0.15) is 11.2 Å². The maximum Gasteiger partial charge on any atom is 0.160 e. The van der Waals surface area contributed by atoms with Gasteiger partial charge in [0, 0.05) is 43.1 Å². The summed E-state index contributed by atoms with van der Waals surface area (Å²) < 4.78 is 15.8. The summed E-state index contributed by atoms with van der Waals surface area (Å²) in [7, 11) is 0. The Morgan fingerprint density at radius 1 is 0.311 bits per heavy atom. The highest BCUT2D eigenvalue weighted by Gasteiger charge is 2.25. The molecule has 0 fully saturated rings. The van der Waals surface area contributed by atoms with Gasteiger partial charge in [-0.15, -0.1) is 0 Å². The molecule has 0 N–H and O–H groups in total. The van der Waals surface area contributed by atoms with Crippen LogP contribution in [0.5, 0.6) is 0 Å². The first kappa shape index (κ1) is 23.4. The average molecular weight is 574 g/mol. The first-order valence-electron chi connectivity index (χ1n) is 15.4. The molecule has 45 heavy (non-hydrogen) atoms. The van der Waals surface area contributed by atoms with E-state index in [2.05, 4.69) is 132 Å². The van der Waals surface area contributed by atoms with Crippen LogP contribution in [0.25, 0.3) is 104 Å². The number of aromatic nitrogens is 1. The van der Waals surface area contributed by atoms with Gasteiger partial charge in [-0.3, -0.25) is 0 Å². The molecule has 0 bridgehead atoms. The zero-order valence-electron chi connectivity index (χ0n) is 24.0. The van der Waals surface area contributed by atoms with Gasteiger partial charge < -0.3 is 13.2 Å². The summed E-state index contributed by atoms with van der Waals surface area (Å²) in [6, 6.07) is 49.8. The number of rotatable bonds is 2.